The number of hydrogen-bond donors (Lipinski definition) is 3. The van der Waals surface area contributed by atoms with Crippen LogP contribution in [-0.2, 0) is 42.9 Å². The molecule has 75 heavy (non-hydrogen) atoms. The Hall–Kier alpha value is -4.62. The summed E-state index contributed by atoms with van der Waals surface area (Å²) < 4.78 is 28.3. The lowest BCUT2D eigenvalue weighted by Crippen LogP contribution is -2.61. The summed E-state index contributed by atoms with van der Waals surface area (Å²) in [5, 5.41) is 31.5. The summed E-state index contributed by atoms with van der Waals surface area (Å²) in [5.74, 6) is -3.23. The van der Waals surface area contributed by atoms with Crippen LogP contribution in [0.2, 0.25) is 0 Å². The van der Waals surface area contributed by atoms with Crippen LogP contribution in [-0.4, -0.2) is 89.2 Å². The Morgan fingerprint density at radius 2 is 0.840 bits per heavy atom. The molecule has 0 aromatic rings. The molecule has 1 aliphatic rings. The van der Waals surface area contributed by atoms with Gasteiger partial charge in [0, 0.05) is 19.3 Å². The highest BCUT2D eigenvalue weighted by molar-refractivity contribution is 5.74. The molecule has 0 saturated carbocycles. The summed E-state index contributed by atoms with van der Waals surface area (Å²) in [6.45, 7) is 5.67. The minimum atomic E-state index is -1.92. The molecule has 12 heteroatoms. The highest BCUT2D eigenvalue weighted by atomic mass is 16.7. The zero-order valence-electron chi connectivity index (χ0n) is 46.5. The number of carbonyl (C=O) groups is 4. The smallest absolute Gasteiger partial charge is 0.335 e. The van der Waals surface area contributed by atoms with Gasteiger partial charge in [0.15, 0.2) is 24.6 Å². The molecule has 1 fully saturated rings. The summed E-state index contributed by atoms with van der Waals surface area (Å²) in [6, 6.07) is 0. The van der Waals surface area contributed by atoms with Crippen LogP contribution in [0.15, 0.2) is 109 Å². The van der Waals surface area contributed by atoms with Crippen LogP contribution in [0, 0.1) is 0 Å². The number of unbranched alkanes of at least 4 members (excludes halogenated alkanes) is 15. The number of aliphatic carboxylic acids is 1. The van der Waals surface area contributed by atoms with Gasteiger partial charge in [0.25, 0.3) is 0 Å². The van der Waals surface area contributed by atoms with Gasteiger partial charge >= 0.3 is 23.9 Å². The molecular weight excluding hydrogens is 949 g/mol. The van der Waals surface area contributed by atoms with Gasteiger partial charge in [-0.15, -0.1) is 0 Å². The molecule has 6 atom stereocenters. The van der Waals surface area contributed by atoms with E-state index in [1.807, 2.05) is 0 Å². The van der Waals surface area contributed by atoms with Crippen molar-refractivity contribution in [1.29, 1.82) is 0 Å². The molecule has 6 unspecified atom stereocenters. The quantitative estimate of drug-likeness (QED) is 0.0228. The molecule has 0 aromatic carbocycles. The zero-order chi connectivity index (χ0) is 54.7. The fourth-order valence-corrected chi connectivity index (χ4v) is 7.93. The molecule has 1 saturated heterocycles. The maximum Gasteiger partial charge on any atom is 0.335 e. The van der Waals surface area contributed by atoms with Gasteiger partial charge < -0.3 is 39.0 Å². The molecule has 12 nitrogen and oxygen atoms in total. The molecule has 424 valence electrons. The lowest BCUT2D eigenvalue weighted by Gasteiger charge is -2.40. The minimum Gasteiger partial charge on any atom is -0.479 e. The van der Waals surface area contributed by atoms with Crippen molar-refractivity contribution in [2.45, 2.75) is 250 Å². The van der Waals surface area contributed by atoms with E-state index in [4.69, 9.17) is 23.7 Å². The van der Waals surface area contributed by atoms with Gasteiger partial charge in [0.2, 0.25) is 0 Å². The van der Waals surface area contributed by atoms with Crippen molar-refractivity contribution in [1.82, 2.24) is 0 Å². The summed E-state index contributed by atoms with van der Waals surface area (Å²) in [5.41, 5.74) is 0. The topological polar surface area (TPSA) is 175 Å². The molecule has 0 aromatic heterocycles. The van der Waals surface area contributed by atoms with E-state index in [9.17, 15) is 34.5 Å². The number of carboxylic acid groups (broad SMARTS) is 1. The van der Waals surface area contributed by atoms with Gasteiger partial charge in [-0.1, -0.05) is 182 Å². The Kier molecular flexibility index (Phi) is 45.8. The van der Waals surface area contributed by atoms with Crippen molar-refractivity contribution in [3.63, 3.8) is 0 Å². The number of aliphatic hydroxyl groups is 2. The van der Waals surface area contributed by atoms with Gasteiger partial charge in [-0.3, -0.25) is 14.4 Å². The number of allylic oxidation sites excluding steroid dienone is 18. The third-order valence-corrected chi connectivity index (χ3v) is 12.3. The first kappa shape index (κ1) is 68.4. The molecule has 0 spiro atoms. The first-order valence-corrected chi connectivity index (χ1v) is 28.9. The predicted octanol–water partition coefficient (Wildman–Crippen LogP) is 14.7. The first-order chi connectivity index (χ1) is 36.6. The molecule has 1 aliphatic heterocycles. The fourth-order valence-electron chi connectivity index (χ4n) is 7.93. The van der Waals surface area contributed by atoms with E-state index in [2.05, 4.69) is 130 Å². The number of aliphatic hydroxyl groups excluding tert-OH is 2. The van der Waals surface area contributed by atoms with Crippen molar-refractivity contribution in [2.24, 2.45) is 0 Å². The van der Waals surface area contributed by atoms with Crippen LogP contribution in [0.3, 0.4) is 0 Å². The van der Waals surface area contributed by atoms with Gasteiger partial charge in [0.05, 0.1) is 6.61 Å². The molecule has 3 N–H and O–H groups in total. The molecule has 0 bridgehead atoms. The average molecular weight is 1050 g/mol. The van der Waals surface area contributed by atoms with Crippen LogP contribution < -0.4 is 0 Å². The Bertz CT molecular complexity index is 1720. The second kappa shape index (κ2) is 50.2. The Morgan fingerprint density at radius 3 is 1.29 bits per heavy atom. The normalized spacial score (nSPS) is 19.0. The average Bonchev–Trinajstić information content (AvgIpc) is 3.39. The molecule has 0 aliphatic carbocycles. The molecule has 0 amide bonds. The molecule has 1 rings (SSSR count). The lowest BCUT2D eigenvalue weighted by atomic mass is 9.98. The molecular formula is C63H100O12. The van der Waals surface area contributed by atoms with Crippen molar-refractivity contribution < 1.29 is 58.2 Å². The number of carboxylic acids is 1. The standard InChI is InChI=1S/C63H100O12/c1-4-7-10-13-16-19-22-25-27-28-30-32-34-37-40-43-46-49-55(64)71-52-54(73-56(65)50-47-44-41-38-35-31-24-21-18-15-12-9-6-3)53-72-63-61(59(68)58(67)60(75-63)62(69)70)74-57(66)51-48-45-42-39-36-33-29-26-23-20-17-14-11-8-5-2/h7,9-10,12,16-21,25-27,29-32,35,54,58-61,63,67-68H,4-6,8,11,13-15,22-24,28,33-34,36-53H2,1-3H3,(H,69,70)/b10-7-,12-9-,19-16-,20-17-,21-18-,27-25-,29-26-,32-30-,35-31-. The third kappa shape index (κ3) is 40.3. The summed E-state index contributed by atoms with van der Waals surface area (Å²) in [7, 11) is 0. The second-order valence-corrected chi connectivity index (χ2v) is 19.2. The van der Waals surface area contributed by atoms with Gasteiger partial charge in [0.1, 0.15) is 18.8 Å². The van der Waals surface area contributed by atoms with Crippen LogP contribution >= 0.6 is 0 Å². The summed E-state index contributed by atoms with van der Waals surface area (Å²) in [6.07, 6.45) is 54.9. The van der Waals surface area contributed by atoms with E-state index < -0.39 is 67.3 Å². The number of rotatable bonds is 47. The summed E-state index contributed by atoms with van der Waals surface area (Å²) in [4.78, 5) is 51.1. The lowest BCUT2D eigenvalue weighted by molar-refractivity contribution is -0.301. The van der Waals surface area contributed by atoms with Crippen LogP contribution in [0.5, 0.6) is 0 Å². The highest BCUT2D eigenvalue weighted by Gasteiger charge is 2.50. The molecule has 0 radical (unpaired) electrons. The first-order valence-electron chi connectivity index (χ1n) is 28.9. The second-order valence-electron chi connectivity index (χ2n) is 19.2. The highest BCUT2D eigenvalue weighted by Crippen LogP contribution is 2.26. The maximum atomic E-state index is 13.1. The number of esters is 3. The van der Waals surface area contributed by atoms with Crippen molar-refractivity contribution in [2.75, 3.05) is 13.2 Å². The van der Waals surface area contributed by atoms with E-state index in [1.54, 1.807) is 0 Å². The number of hydrogen-bond acceptors (Lipinski definition) is 11. The van der Waals surface area contributed by atoms with Crippen LogP contribution in [0.4, 0.5) is 0 Å². The Balaban J connectivity index is 2.74. The van der Waals surface area contributed by atoms with Crippen LogP contribution in [0.25, 0.3) is 0 Å². The van der Waals surface area contributed by atoms with Crippen molar-refractivity contribution in [3.8, 4) is 0 Å². The van der Waals surface area contributed by atoms with E-state index in [0.29, 0.717) is 19.3 Å². The van der Waals surface area contributed by atoms with E-state index >= 15 is 0 Å². The SMILES string of the molecule is CC/C=C\C/C=C\C/C=C\C/C=C\CCCCCCC(=O)OCC(COC1OC(C(=O)O)C(O)C(O)C1OC(=O)CCCCCCC/C=C\C/C=C\CCCCC)OC(=O)CCCCC/C=C\C/C=C\C/C=C\CC. The van der Waals surface area contributed by atoms with Crippen molar-refractivity contribution >= 4 is 23.9 Å². The van der Waals surface area contributed by atoms with E-state index in [-0.39, 0.29) is 25.9 Å². The van der Waals surface area contributed by atoms with Crippen LogP contribution in [0.1, 0.15) is 213 Å². The molecule has 1 heterocycles. The van der Waals surface area contributed by atoms with E-state index in [1.165, 1.54) is 19.3 Å². The largest absolute Gasteiger partial charge is 0.479 e. The summed E-state index contributed by atoms with van der Waals surface area (Å²) >= 11 is 0. The Morgan fingerprint density at radius 1 is 0.453 bits per heavy atom. The van der Waals surface area contributed by atoms with Gasteiger partial charge in [-0.05, 0) is 122 Å². The van der Waals surface area contributed by atoms with E-state index in [0.717, 1.165) is 135 Å². The third-order valence-electron chi connectivity index (χ3n) is 12.3. The van der Waals surface area contributed by atoms with Gasteiger partial charge in [-0.2, -0.15) is 0 Å². The Labute approximate surface area is 453 Å². The maximum absolute atomic E-state index is 13.1. The van der Waals surface area contributed by atoms with Crippen molar-refractivity contribution in [3.05, 3.63) is 109 Å². The predicted molar refractivity (Wildman–Crippen MR) is 303 cm³/mol. The zero-order valence-corrected chi connectivity index (χ0v) is 46.5. The number of carbonyl (C=O) groups excluding carboxylic acids is 3. The minimum absolute atomic E-state index is 0.0329. The monoisotopic (exact) mass is 1050 g/mol. The fraction of sp³-hybridized carbons (Fsp3) is 0.651. The number of ether oxygens (including phenoxy) is 5. The van der Waals surface area contributed by atoms with Gasteiger partial charge in [-0.25, -0.2) is 4.79 Å².